The van der Waals surface area contributed by atoms with Gasteiger partial charge in [-0.3, -0.25) is 0 Å². The highest BCUT2D eigenvalue weighted by atomic mass is 28.4. The van der Waals surface area contributed by atoms with Crippen LogP contribution in [0.15, 0.2) is 0 Å². The minimum absolute atomic E-state index is 0.426. The molecule has 0 unspecified atom stereocenters. The van der Waals surface area contributed by atoms with E-state index in [2.05, 4.69) is 16.0 Å². The molecule has 16 nitrogen and oxygen atoms in total. The van der Waals surface area contributed by atoms with Crippen molar-refractivity contribution in [3.8, 4) is 0 Å². The van der Waals surface area contributed by atoms with Gasteiger partial charge < -0.3 is 64.6 Å². The molecular formula is C23H55N7O9Si2. The summed E-state index contributed by atoms with van der Waals surface area (Å²) in [6.45, 7) is 3.75. The third-order valence-electron chi connectivity index (χ3n) is 6.18. The molecule has 41 heavy (non-hydrogen) atoms. The van der Waals surface area contributed by atoms with Gasteiger partial charge in [-0.25, -0.2) is 14.4 Å². The predicted octanol–water partition coefficient (Wildman–Crippen LogP) is 0.377. The largest absolute Gasteiger partial charge is 0.500 e. The highest BCUT2D eigenvalue weighted by Gasteiger charge is 2.37. The molecule has 0 aliphatic heterocycles. The quantitative estimate of drug-likeness (QED) is 0.0635. The fourth-order valence-corrected chi connectivity index (χ4v) is 7.18. The van der Waals surface area contributed by atoms with Crippen LogP contribution in [-0.4, -0.2) is 123 Å². The van der Waals surface area contributed by atoms with Gasteiger partial charge in [-0.1, -0.05) is 12.8 Å². The summed E-state index contributed by atoms with van der Waals surface area (Å²) >= 11 is 0. The van der Waals surface area contributed by atoms with Crippen LogP contribution in [0.3, 0.4) is 0 Å². The van der Waals surface area contributed by atoms with Crippen LogP contribution in [0.2, 0.25) is 12.1 Å². The second-order valence-corrected chi connectivity index (χ2v) is 15.1. The SMILES string of the molecule is CO[Si](CCCN(CCCCCCNC(N)=O)C(N)=O)(OC)OC.CO[Si](CCCNCCNC(N)=O)(OC)OC. The number of nitrogens with zero attached hydrogens (tertiary/aromatic N) is 1. The molecule has 0 saturated carbocycles. The van der Waals surface area contributed by atoms with E-state index in [-0.39, 0.29) is 0 Å². The minimum atomic E-state index is -2.60. The molecule has 0 aliphatic rings. The summed E-state index contributed by atoms with van der Waals surface area (Å²) in [5.74, 6) is 0. The van der Waals surface area contributed by atoms with Crippen molar-refractivity contribution in [1.29, 1.82) is 0 Å². The summed E-state index contributed by atoms with van der Waals surface area (Å²) < 4.78 is 31.9. The maximum absolute atomic E-state index is 11.5. The molecule has 9 N–H and O–H groups in total. The van der Waals surface area contributed by atoms with E-state index in [0.29, 0.717) is 45.2 Å². The lowest BCUT2D eigenvalue weighted by atomic mass is 10.2. The van der Waals surface area contributed by atoms with Gasteiger partial charge in [0.05, 0.1) is 0 Å². The molecule has 0 fully saturated rings. The number of urea groups is 3. The normalized spacial score (nSPS) is 11.4. The molecule has 0 bridgehead atoms. The lowest BCUT2D eigenvalue weighted by Crippen LogP contribution is -2.44. The van der Waals surface area contributed by atoms with Gasteiger partial charge in [-0.2, -0.15) is 0 Å². The predicted molar refractivity (Wildman–Crippen MR) is 160 cm³/mol. The van der Waals surface area contributed by atoms with Crippen molar-refractivity contribution in [2.45, 2.75) is 50.6 Å². The third kappa shape index (κ3) is 21.3. The zero-order chi connectivity index (χ0) is 31.6. The number of carbonyl (C=O) groups excluding carboxylic acids is 3. The Bertz CT molecular complexity index is 675. The fraction of sp³-hybridized carbons (Fsp3) is 0.870. The van der Waals surface area contributed by atoms with Gasteiger partial charge in [-0.05, 0) is 32.2 Å². The van der Waals surface area contributed by atoms with E-state index in [1.54, 1.807) is 47.6 Å². The average Bonchev–Trinajstić information content (AvgIpc) is 2.95. The molecule has 0 aliphatic carbocycles. The second-order valence-electron chi connectivity index (χ2n) is 8.87. The summed E-state index contributed by atoms with van der Waals surface area (Å²) in [5.41, 5.74) is 15.3. The molecule has 0 aromatic heterocycles. The van der Waals surface area contributed by atoms with Crippen molar-refractivity contribution in [2.75, 3.05) is 81.9 Å². The highest BCUT2D eigenvalue weighted by molar-refractivity contribution is 6.60. The first kappa shape index (κ1) is 41.1. The van der Waals surface area contributed by atoms with E-state index < -0.39 is 35.7 Å². The van der Waals surface area contributed by atoms with Crippen LogP contribution in [0, 0.1) is 0 Å². The summed E-state index contributed by atoms with van der Waals surface area (Å²) in [6, 6.07) is -0.0507. The second kappa shape index (κ2) is 25.7. The molecular weight excluding hydrogens is 574 g/mol. The number of rotatable bonds is 24. The lowest BCUT2D eigenvalue weighted by molar-refractivity contribution is 0.121. The Balaban J connectivity index is 0. The Morgan fingerprint density at radius 1 is 0.561 bits per heavy atom. The zero-order valence-corrected chi connectivity index (χ0v) is 27.8. The Morgan fingerprint density at radius 3 is 1.46 bits per heavy atom. The number of nitrogens with one attached hydrogen (secondary N) is 3. The topological polar surface area (TPSA) is 224 Å². The van der Waals surface area contributed by atoms with Gasteiger partial charge in [0.1, 0.15) is 0 Å². The van der Waals surface area contributed by atoms with E-state index in [4.69, 9.17) is 43.8 Å². The van der Waals surface area contributed by atoms with Crippen molar-refractivity contribution in [3.63, 3.8) is 0 Å². The number of nitrogens with two attached hydrogens (primary N) is 3. The summed E-state index contributed by atoms with van der Waals surface area (Å²) in [5, 5.41) is 8.21. The van der Waals surface area contributed by atoms with E-state index in [1.165, 1.54) is 0 Å². The van der Waals surface area contributed by atoms with Gasteiger partial charge in [0, 0.05) is 87.5 Å². The fourth-order valence-electron chi connectivity index (χ4n) is 3.75. The molecule has 0 atom stereocenters. The summed E-state index contributed by atoms with van der Waals surface area (Å²) in [7, 11) is 4.47. The number of carbonyl (C=O) groups is 3. The van der Waals surface area contributed by atoms with Crippen LogP contribution in [0.25, 0.3) is 0 Å². The van der Waals surface area contributed by atoms with E-state index >= 15 is 0 Å². The Morgan fingerprint density at radius 2 is 1.00 bits per heavy atom. The third-order valence-corrected chi connectivity index (χ3v) is 11.8. The van der Waals surface area contributed by atoms with Crippen LogP contribution in [0.4, 0.5) is 14.4 Å². The molecule has 0 aromatic carbocycles. The molecule has 0 spiro atoms. The maximum atomic E-state index is 11.5. The number of hydrogen-bond acceptors (Lipinski definition) is 10. The van der Waals surface area contributed by atoms with Gasteiger partial charge in [0.2, 0.25) is 0 Å². The number of hydrogen-bond donors (Lipinski definition) is 6. The summed E-state index contributed by atoms with van der Waals surface area (Å²) in [6.07, 6.45) is 5.23. The standard InChI is InChI=1S/C14H32N4O5Si.C9H23N3O4Si/c1-21-24(22-2,23-3)12-8-11-18(14(16)20)10-7-5-4-6-9-17-13(15)19;1-14-17(15-2,16-3)8-4-5-11-6-7-12-9(10)13/h4-12H2,1-3H3,(H2,16,20)(H3,15,17,19);11H,4-8H2,1-3H3,(H3,10,12,13). The number of primary amides is 3. The molecule has 244 valence electrons. The number of amides is 6. The van der Waals surface area contributed by atoms with Crippen LogP contribution in [0.5, 0.6) is 0 Å². The van der Waals surface area contributed by atoms with Crippen molar-refractivity contribution in [3.05, 3.63) is 0 Å². The van der Waals surface area contributed by atoms with Gasteiger partial charge >= 0.3 is 35.7 Å². The highest BCUT2D eigenvalue weighted by Crippen LogP contribution is 2.16. The van der Waals surface area contributed by atoms with Crippen LogP contribution in [0.1, 0.15) is 38.5 Å². The van der Waals surface area contributed by atoms with E-state index in [1.807, 2.05) is 0 Å². The van der Waals surface area contributed by atoms with Crippen molar-refractivity contribution in [2.24, 2.45) is 17.2 Å². The Labute approximate surface area is 247 Å². The van der Waals surface area contributed by atoms with Crippen molar-refractivity contribution >= 4 is 35.7 Å². The van der Waals surface area contributed by atoms with Crippen molar-refractivity contribution in [1.82, 2.24) is 20.9 Å². The van der Waals surface area contributed by atoms with Gasteiger partial charge in [-0.15, -0.1) is 0 Å². The van der Waals surface area contributed by atoms with Gasteiger partial charge in [0.15, 0.2) is 0 Å². The van der Waals surface area contributed by atoms with Crippen LogP contribution in [-0.2, 0) is 26.6 Å². The monoisotopic (exact) mass is 629 g/mol. The zero-order valence-electron chi connectivity index (χ0n) is 25.8. The van der Waals surface area contributed by atoms with Gasteiger partial charge in [0.25, 0.3) is 0 Å². The smallest absolute Gasteiger partial charge is 0.377 e. The number of unbranched alkanes of at least 4 members (excludes halogenated alkanes) is 3. The first-order chi connectivity index (χ1) is 19.5. The molecule has 6 amide bonds. The summed E-state index contributed by atoms with van der Waals surface area (Å²) in [4.78, 5) is 34.0. The Hall–Kier alpha value is -2.04. The molecule has 18 heteroatoms. The molecule has 0 rings (SSSR count). The van der Waals surface area contributed by atoms with Crippen LogP contribution < -0.4 is 33.2 Å². The molecule has 0 heterocycles. The first-order valence-electron chi connectivity index (χ1n) is 13.6. The first-order valence-corrected chi connectivity index (χ1v) is 17.5. The minimum Gasteiger partial charge on any atom is -0.377 e. The lowest BCUT2D eigenvalue weighted by Gasteiger charge is -2.26. The molecule has 0 saturated heterocycles. The molecule has 0 radical (unpaired) electrons. The Kier molecular flexibility index (Phi) is 25.7. The average molecular weight is 630 g/mol. The van der Waals surface area contributed by atoms with Crippen molar-refractivity contribution < 1.29 is 40.9 Å². The van der Waals surface area contributed by atoms with E-state index in [9.17, 15) is 14.4 Å². The molecule has 0 aromatic rings. The van der Waals surface area contributed by atoms with Crippen LogP contribution >= 0.6 is 0 Å². The van der Waals surface area contributed by atoms with E-state index in [0.717, 1.165) is 44.7 Å². The maximum Gasteiger partial charge on any atom is 0.500 e.